The van der Waals surface area contributed by atoms with Crippen molar-refractivity contribution < 1.29 is 18.8 Å². The number of anilines is 1. The van der Waals surface area contributed by atoms with Gasteiger partial charge in [0.25, 0.3) is 11.5 Å². The quantitative estimate of drug-likeness (QED) is 0.358. The van der Waals surface area contributed by atoms with Gasteiger partial charge in [-0.3, -0.25) is 14.6 Å². The van der Waals surface area contributed by atoms with E-state index >= 15 is 0 Å². The van der Waals surface area contributed by atoms with Crippen molar-refractivity contribution in [1.29, 1.82) is 0 Å². The van der Waals surface area contributed by atoms with Crippen LogP contribution in [0.4, 0.5) is 14.6 Å². The van der Waals surface area contributed by atoms with Crippen LogP contribution in [0, 0.1) is 12.8 Å². The summed E-state index contributed by atoms with van der Waals surface area (Å²) in [6.07, 6.45) is 3.07. The van der Waals surface area contributed by atoms with E-state index in [1.54, 1.807) is 25.4 Å². The lowest BCUT2D eigenvalue weighted by atomic mass is 10.0. The second-order valence-corrected chi connectivity index (χ2v) is 7.84. The number of fused-ring (bicyclic) bond motifs is 1. The fourth-order valence-corrected chi connectivity index (χ4v) is 3.64. The number of oxime groups is 1. The maximum absolute atomic E-state index is 13.1. The average Bonchev–Trinajstić information content (AvgIpc) is 3.41. The summed E-state index contributed by atoms with van der Waals surface area (Å²) in [5.41, 5.74) is 2.98. The van der Waals surface area contributed by atoms with Crippen molar-refractivity contribution in [2.24, 2.45) is 18.1 Å². The number of hydrogen-bond acceptors (Lipinski definition) is 6. The van der Waals surface area contributed by atoms with Crippen LogP contribution in [-0.4, -0.2) is 37.3 Å². The highest BCUT2D eigenvalue weighted by atomic mass is 19.3. The van der Waals surface area contributed by atoms with Gasteiger partial charge < -0.3 is 15.1 Å². The second-order valence-electron chi connectivity index (χ2n) is 7.84. The van der Waals surface area contributed by atoms with Crippen LogP contribution in [-0.2, 0) is 11.8 Å². The van der Waals surface area contributed by atoms with E-state index in [4.69, 9.17) is 5.21 Å². The predicted molar refractivity (Wildman–Crippen MR) is 115 cm³/mol. The van der Waals surface area contributed by atoms with Gasteiger partial charge in [0.1, 0.15) is 17.4 Å². The Morgan fingerprint density at radius 3 is 2.59 bits per heavy atom. The molecule has 1 atom stereocenters. The third-order valence-corrected chi connectivity index (χ3v) is 5.65. The van der Waals surface area contributed by atoms with Gasteiger partial charge >= 0.3 is 0 Å². The Bertz CT molecular complexity index is 1330. The number of amides is 1. The first-order valence-electron chi connectivity index (χ1n) is 10.0. The molecular weight excluding hydrogens is 420 g/mol. The predicted octanol–water partition coefficient (Wildman–Crippen LogP) is 3.49. The van der Waals surface area contributed by atoms with E-state index in [1.165, 1.54) is 16.8 Å². The van der Waals surface area contributed by atoms with E-state index in [9.17, 15) is 18.4 Å². The molecule has 3 aromatic heterocycles. The molecule has 1 saturated carbocycles. The first kappa shape index (κ1) is 21.5. The molecular formula is C22H21F2N5O3. The van der Waals surface area contributed by atoms with Crippen molar-refractivity contribution in [2.75, 3.05) is 5.32 Å². The van der Waals surface area contributed by atoms with Gasteiger partial charge in [-0.05, 0) is 31.0 Å². The highest BCUT2D eigenvalue weighted by Crippen LogP contribution is 2.49. The molecule has 1 amide bonds. The summed E-state index contributed by atoms with van der Waals surface area (Å²) in [4.78, 5) is 33.5. The number of aromatic nitrogens is 3. The van der Waals surface area contributed by atoms with E-state index in [2.05, 4.69) is 20.4 Å². The molecule has 0 bridgehead atoms. The van der Waals surface area contributed by atoms with Crippen molar-refractivity contribution in [2.45, 2.75) is 32.6 Å². The van der Waals surface area contributed by atoms with Crippen molar-refractivity contribution in [3.63, 3.8) is 0 Å². The maximum Gasteiger partial charge on any atom is 0.260 e. The van der Waals surface area contributed by atoms with Gasteiger partial charge in [-0.15, -0.1) is 0 Å². The van der Waals surface area contributed by atoms with Crippen LogP contribution in [0.25, 0.3) is 22.0 Å². The smallest absolute Gasteiger partial charge is 0.260 e. The number of nitrogens with zero attached hydrogens (tertiary/aromatic N) is 4. The molecule has 10 heteroatoms. The van der Waals surface area contributed by atoms with Crippen molar-refractivity contribution >= 4 is 28.3 Å². The van der Waals surface area contributed by atoms with Crippen LogP contribution in [0.1, 0.15) is 31.0 Å². The molecule has 0 aromatic carbocycles. The summed E-state index contributed by atoms with van der Waals surface area (Å²) in [6.45, 7) is 3.68. The summed E-state index contributed by atoms with van der Waals surface area (Å²) in [7, 11) is 1.58. The molecule has 3 heterocycles. The molecule has 2 N–H and O–H groups in total. The van der Waals surface area contributed by atoms with Crippen molar-refractivity contribution in [1.82, 2.24) is 14.5 Å². The van der Waals surface area contributed by atoms with Gasteiger partial charge in [0.2, 0.25) is 5.91 Å². The first-order valence-corrected chi connectivity index (χ1v) is 10.0. The summed E-state index contributed by atoms with van der Waals surface area (Å²) in [5.74, 6) is -4.99. The van der Waals surface area contributed by atoms with Crippen molar-refractivity contribution in [3.8, 4) is 11.1 Å². The van der Waals surface area contributed by atoms with Gasteiger partial charge in [-0.1, -0.05) is 12.1 Å². The summed E-state index contributed by atoms with van der Waals surface area (Å²) >= 11 is 0. The minimum absolute atomic E-state index is 0.102. The topological polar surface area (TPSA) is 109 Å². The van der Waals surface area contributed by atoms with E-state index in [-0.39, 0.29) is 11.4 Å². The number of rotatable bonds is 5. The Morgan fingerprint density at radius 2 is 2.00 bits per heavy atom. The van der Waals surface area contributed by atoms with E-state index in [0.29, 0.717) is 39.9 Å². The third-order valence-electron chi connectivity index (χ3n) is 5.65. The molecule has 1 fully saturated rings. The van der Waals surface area contributed by atoms with Crippen LogP contribution in [0.2, 0.25) is 0 Å². The van der Waals surface area contributed by atoms with E-state index in [1.807, 2.05) is 13.8 Å². The molecule has 8 nitrogen and oxygen atoms in total. The standard InChI is InChI=1S/C22H21F2N5O3/c1-4-16(28-32)17-5-11(2)14(10-25-17)13-6-12-9-26-19(7-18(12)29(3)21(13)31)27-20(30)15-8-22(15,23)24/h5-7,9-10,15,32H,4,8H2,1-3H3,(H,26,27,30)/b28-16-/t15-/m1/s1. The Balaban J connectivity index is 1.71. The molecule has 1 aliphatic rings. The normalized spacial score (nSPS) is 17.4. The monoisotopic (exact) mass is 441 g/mol. The fraction of sp³-hybridized carbons (Fsp3) is 0.318. The molecule has 166 valence electrons. The number of nitrogens with one attached hydrogen (secondary N) is 1. The number of alkyl halides is 2. The number of carbonyl (C=O) groups is 1. The van der Waals surface area contributed by atoms with Crippen molar-refractivity contribution in [3.05, 3.63) is 52.2 Å². The first-order chi connectivity index (χ1) is 15.2. The van der Waals surface area contributed by atoms with Crippen LogP contribution < -0.4 is 10.9 Å². The zero-order valence-electron chi connectivity index (χ0n) is 17.7. The Kier molecular flexibility index (Phi) is 5.23. The van der Waals surface area contributed by atoms with Crippen LogP contribution in [0.3, 0.4) is 0 Å². The van der Waals surface area contributed by atoms with E-state index < -0.39 is 24.2 Å². The summed E-state index contributed by atoms with van der Waals surface area (Å²) in [5, 5.41) is 15.4. The highest BCUT2D eigenvalue weighted by molar-refractivity contribution is 5.99. The fourth-order valence-electron chi connectivity index (χ4n) is 3.64. The van der Waals surface area contributed by atoms with Crippen LogP contribution in [0.15, 0.2) is 40.5 Å². The highest BCUT2D eigenvalue weighted by Gasteiger charge is 2.61. The van der Waals surface area contributed by atoms with Gasteiger partial charge in [0.05, 0.1) is 11.2 Å². The van der Waals surface area contributed by atoms with E-state index in [0.717, 1.165) is 5.56 Å². The number of carbonyl (C=O) groups excluding carboxylic acids is 1. The summed E-state index contributed by atoms with van der Waals surface area (Å²) in [6, 6.07) is 4.91. The molecule has 0 radical (unpaired) electrons. The third kappa shape index (κ3) is 3.72. The van der Waals surface area contributed by atoms with Gasteiger partial charge in [0, 0.05) is 48.4 Å². The maximum atomic E-state index is 13.1. The SMILES string of the molecule is CC/C(=N/O)c1cc(C)c(-c2cc3cnc(NC(=O)[C@H]4CC4(F)F)cc3n(C)c2=O)cn1. The molecule has 32 heavy (non-hydrogen) atoms. The Hall–Kier alpha value is -3.69. The zero-order valence-corrected chi connectivity index (χ0v) is 17.7. The van der Waals surface area contributed by atoms with Gasteiger partial charge in [-0.25, -0.2) is 13.8 Å². The molecule has 3 aromatic rings. The number of halogens is 2. The second kappa shape index (κ2) is 7.77. The lowest BCUT2D eigenvalue weighted by Gasteiger charge is -2.13. The Labute approximate surface area is 181 Å². The van der Waals surface area contributed by atoms with Crippen LogP contribution >= 0.6 is 0 Å². The number of hydrogen-bond donors (Lipinski definition) is 2. The summed E-state index contributed by atoms with van der Waals surface area (Å²) < 4.78 is 27.6. The largest absolute Gasteiger partial charge is 0.411 e. The molecule has 0 spiro atoms. The molecule has 0 saturated heterocycles. The molecule has 0 unspecified atom stereocenters. The lowest BCUT2D eigenvalue weighted by Crippen LogP contribution is -2.21. The molecule has 4 rings (SSSR count). The number of aryl methyl sites for hydroxylation is 2. The Morgan fingerprint density at radius 1 is 1.28 bits per heavy atom. The van der Waals surface area contributed by atoms with Gasteiger partial charge in [-0.2, -0.15) is 0 Å². The lowest BCUT2D eigenvalue weighted by molar-refractivity contribution is -0.119. The molecule has 0 aliphatic heterocycles. The zero-order chi connectivity index (χ0) is 23.2. The average molecular weight is 441 g/mol. The van der Waals surface area contributed by atoms with Crippen LogP contribution in [0.5, 0.6) is 0 Å². The van der Waals surface area contributed by atoms with Gasteiger partial charge in [0.15, 0.2) is 0 Å². The minimum atomic E-state index is -2.97. The number of pyridine rings is 3. The minimum Gasteiger partial charge on any atom is -0.411 e. The molecule has 1 aliphatic carbocycles.